The number of piperidine rings is 1. The molecule has 0 atom stereocenters. The summed E-state index contributed by atoms with van der Waals surface area (Å²) in [5.41, 5.74) is -1.78. The van der Waals surface area contributed by atoms with E-state index in [1.165, 1.54) is 6.42 Å². The van der Waals surface area contributed by atoms with Gasteiger partial charge in [0.2, 0.25) is 0 Å². The van der Waals surface area contributed by atoms with Crippen LogP contribution in [0.15, 0.2) is 9.59 Å². The molecule has 18 heavy (non-hydrogen) atoms. The quantitative estimate of drug-likeness (QED) is 0.533. The van der Waals surface area contributed by atoms with Gasteiger partial charge < -0.3 is 19.8 Å². The molecule has 0 unspecified atom stereocenters. The minimum atomic E-state index is -1.52. The van der Waals surface area contributed by atoms with Crippen LogP contribution >= 0.6 is 0 Å². The molecule has 2 heterocycles. The Hall–Kier alpha value is -1.89. The predicted octanol–water partition coefficient (Wildman–Crippen LogP) is -3.00. The van der Waals surface area contributed by atoms with E-state index in [1.54, 1.807) is 0 Å². The molecule has 0 bridgehead atoms. The number of carbonyl (C=O) groups is 1. The van der Waals surface area contributed by atoms with Gasteiger partial charge in [0.05, 0.1) is 30.3 Å². The summed E-state index contributed by atoms with van der Waals surface area (Å²) < 4.78 is 0. The molecule has 1 aliphatic rings. The number of aromatic amines is 2. The van der Waals surface area contributed by atoms with Gasteiger partial charge in [-0.1, -0.05) is 0 Å². The van der Waals surface area contributed by atoms with Crippen LogP contribution in [0.3, 0.4) is 0 Å². The second-order valence-electron chi connectivity index (χ2n) is 4.54. The van der Waals surface area contributed by atoms with E-state index in [0.29, 0.717) is 6.54 Å². The average molecular weight is 253 g/mol. The third kappa shape index (κ3) is 2.67. The maximum absolute atomic E-state index is 11.7. The lowest BCUT2D eigenvalue weighted by Crippen LogP contribution is -3.11. The fourth-order valence-electron chi connectivity index (χ4n) is 2.33. The zero-order valence-electron chi connectivity index (χ0n) is 9.88. The van der Waals surface area contributed by atoms with Crippen LogP contribution in [-0.2, 0) is 6.54 Å². The molecule has 7 nitrogen and oxygen atoms in total. The zero-order valence-corrected chi connectivity index (χ0v) is 9.88. The minimum absolute atomic E-state index is 0.0894. The lowest BCUT2D eigenvalue weighted by atomic mass is 10.1. The number of carboxylic acids is 1. The molecule has 1 aromatic rings. The molecule has 0 radical (unpaired) electrons. The van der Waals surface area contributed by atoms with Gasteiger partial charge in [-0.3, -0.25) is 9.78 Å². The fraction of sp³-hybridized carbons (Fsp3) is 0.545. The first-order valence-electron chi connectivity index (χ1n) is 5.98. The van der Waals surface area contributed by atoms with E-state index in [-0.39, 0.29) is 5.56 Å². The molecular weight excluding hydrogens is 238 g/mol. The molecule has 1 aliphatic heterocycles. The molecule has 0 spiro atoms. The summed E-state index contributed by atoms with van der Waals surface area (Å²) in [5.74, 6) is -1.52. The number of aromatic carboxylic acids is 1. The van der Waals surface area contributed by atoms with Gasteiger partial charge in [0.15, 0.2) is 0 Å². The number of H-pyrrole nitrogens is 2. The highest BCUT2D eigenvalue weighted by molar-refractivity contribution is 5.84. The summed E-state index contributed by atoms with van der Waals surface area (Å²) >= 11 is 0. The maximum Gasteiger partial charge on any atom is 0.326 e. The largest absolute Gasteiger partial charge is 0.543 e. The molecule has 0 saturated carbocycles. The number of quaternary nitrogens is 1. The number of hydrogen-bond acceptors (Lipinski definition) is 4. The van der Waals surface area contributed by atoms with Crippen molar-refractivity contribution in [3.8, 4) is 0 Å². The Kier molecular flexibility index (Phi) is 3.61. The SMILES string of the molecule is O=C([O-])c1[nH]c(=O)[nH]c(=O)c1C[NH+]1CCCCC1. The Morgan fingerprint density at radius 1 is 1.17 bits per heavy atom. The summed E-state index contributed by atoms with van der Waals surface area (Å²) in [6.07, 6.45) is 3.30. The van der Waals surface area contributed by atoms with E-state index < -0.39 is 22.9 Å². The van der Waals surface area contributed by atoms with Gasteiger partial charge in [-0.15, -0.1) is 0 Å². The summed E-state index contributed by atoms with van der Waals surface area (Å²) in [6, 6.07) is 0. The molecule has 1 fully saturated rings. The first-order chi connectivity index (χ1) is 8.58. The zero-order chi connectivity index (χ0) is 13.1. The maximum atomic E-state index is 11.7. The van der Waals surface area contributed by atoms with Crippen molar-refractivity contribution in [2.24, 2.45) is 0 Å². The lowest BCUT2D eigenvalue weighted by Gasteiger charge is -2.23. The van der Waals surface area contributed by atoms with Crippen molar-refractivity contribution in [2.45, 2.75) is 25.8 Å². The molecule has 2 rings (SSSR count). The van der Waals surface area contributed by atoms with Gasteiger partial charge in [0, 0.05) is 0 Å². The van der Waals surface area contributed by atoms with Gasteiger partial charge >= 0.3 is 5.69 Å². The van der Waals surface area contributed by atoms with Crippen molar-refractivity contribution in [3.63, 3.8) is 0 Å². The summed E-state index contributed by atoms with van der Waals surface area (Å²) in [5, 5.41) is 10.9. The first-order valence-corrected chi connectivity index (χ1v) is 5.98. The van der Waals surface area contributed by atoms with Crippen LogP contribution in [0.5, 0.6) is 0 Å². The number of hydrogen-bond donors (Lipinski definition) is 3. The van der Waals surface area contributed by atoms with Crippen molar-refractivity contribution in [1.82, 2.24) is 9.97 Å². The van der Waals surface area contributed by atoms with E-state index in [2.05, 4.69) is 9.97 Å². The molecule has 1 saturated heterocycles. The smallest absolute Gasteiger partial charge is 0.326 e. The number of carboxylic acid groups (broad SMARTS) is 1. The fourth-order valence-corrected chi connectivity index (χ4v) is 2.33. The number of rotatable bonds is 3. The Bertz CT molecular complexity index is 554. The highest BCUT2D eigenvalue weighted by Gasteiger charge is 2.19. The molecule has 98 valence electrons. The summed E-state index contributed by atoms with van der Waals surface area (Å²) in [7, 11) is 0. The first kappa shape index (κ1) is 12.6. The third-order valence-electron chi connectivity index (χ3n) is 3.23. The van der Waals surface area contributed by atoms with Gasteiger partial charge in [-0.25, -0.2) is 4.79 Å². The molecule has 0 aromatic carbocycles. The molecular formula is C11H15N3O4. The van der Waals surface area contributed by atoms with Gasteiger partial charge in [-0.2, -0.15) is 0 Å². The van der Waals surface area contributed by atoms with Crippen LogP contribution in [0.25, 0.3) is 0 Å². The van der Waals surface area contributed by atoms with Crippen molar-refractivity contribution in [3.05, 3.63) is 32.1 Å². The van der Waals surface area contributed by atoms with E-state index in [4.69, 9.17) is 0 Å². The molecule has 7 heteroatoms. The van der Waals surface area contributed by atoms with Crippen LogP contribution in [-0.4, -0.2) is 29.0 Å². The van der Waals surface area contributed by atoms with E-state index in [9.17, 15) is 19.5 Å². The van der Waals surface area contributed by atoms with Crippen LogP contribution in [0, 0.1) is 0 Å². The average Bonchev–Trinajstić information content (AvgIpc) is 2.33. The predicted molar refractivity (Wildman–Crippen MR) is 60.3 cm³/mol. The minimum Gasteiger partial charge on any atom is -0.543 e. The second-order valence-corrected chi connectivity index (χ2v) is 4.54. The topological polar surface area (TPSA) is 110 Å². The van der Waals surface area contributed by atoms with Gasteiger partial charge in [-0.05, 0) is 19.3 Å². The van der Waals surface area contributed by atoms with Crippen molar-refractivity contribution >= 4 is 5.97 Å². The van der Waals surface area contributed by atoms with Gasteiger partial charge in [0.25, 0.3) is 5.56 Å². The summed E-state index contributed by atoms with van der Waals surface area (Å²) in [6.45, 7) is 2.12. The van der Waals surface area contributed by atoms with Crippen LogP contribution in [0.1, 0.15) is 35.3 Å². The highest BCUT2D eigenvalue weighted by atomic mass is 16.4. The Morgan fingerprint density at radius 3 is 2.44 bits per heavy atom. The molecule has 1 aromatic heterocycles. The van der Waals surface area contributed by atoms with Crippen LogP contribution < -0.4 is 21.3 Å². The number of aromatic nitrogens is 2. The Morgan fingerprint density at radius 2 is 1.83 bits per heavy atom. The highest BCUT2D eigenvalue weighted by Crippen LogP contribution is 1.98. The van der Waals surface area contributed by atoms with Crippen molar-refractivity contribution < 1.29 is 14.8 Å². The van der Waals surface area contributed by atoms with E-state index in [0.717, 1.165) is 30.8 Å². The Balaban J connectivity index is 2.33. The van der Waals surface area contributed by atoms with Crippen molar-refractivity contribution in [1.29, 1.82) is 0 Å². The number of nitrogens with one attached hydrogen (secondary N) is 3. The number of carbonyl (C=O) groups excluding carboxylic acids is 1. The van der Waals surface area contributed by atoms with Crippen molar-refractivity contribution in [2.75, 3.05) is 13.1 Å². The third-order valence-corrected chi connectivity index (χ3v) is 3.23. The molecule has 0 amide bonds. The summed E-state index contributed by atoms with van der Waals surface area (Å²) in [4.78, 5) is 39.0. The molecule has 0 aliphatic carbocycles. The normalized spacial score (nSPS) is 16.7. The number of likely N-dealkylation sites (tertiary alicyclic amines) is 1. The van der Waals surface area contributed by atoms with E-state index >= 15 is 0 Å². The Labute approximate surface area is 102 Å². The van der Waals surface area contributed by atoms with Crippen LogP contribution in [0.4, 0.5) is 0 Å². The standard InChI is InChI=1S/C11H15N3O4/c15-9-7(6-14-4-2-1-3-5-14)8(10(16)17)12-11(18)13-9/h1-6H2,(H,16,17)(H2,12,13,15,18). The second kappa shape index (κ2) is 5.18. The lowest BCUT2D eigenvalue weighted by molar-refractivity contribution is -0.918. The van der Waals surface area contributed by atoms with Gasteiger partial charge in [0.1, 0.15) is 6.54 Å². The van der Waals surface area contributed by atoms with E-state index in [1.807, 2.05) is 0 Å². The molecule has 3 N–H and O–H groups in total. The monoisotopic (exact) mass is 253 g/mol. The van der Waals surface area contributed by atoms with Crippen LogP contribution in [0.2, 0.25) is 0 Å².